The average molecular weight is 205 g/mol. The number of ether oxygens (including phenoxy) is 1. The SMILES string of the molecule is COc1cccc([Si]2CCCCC2)c1. The zero-order chi connectivity index (χ0) is 9.80. The van der Waals surface area contributed by atoms with Crippen molar-refractivity contribution in [2.45, 2.75) is 31.4 Å². The third-order valence-corrected chi connectivity index (χ3v) is 5.98. The van der Waals surface area contributed by atoms with Gasteiger partial charge in [-0.1, -0.05) is 48.7 Å². The van der Waals surface area contributed by atoms with Crippen molar-refractivity contribution in [3.8, 4) is 5.75 Å². The lowest BCUT2D eigenvalue weighted by molar-refractivity contribution is 0.415. The van der Waals surface area contributed by atoms with Crippen LogP contribution in [-0.4, -0.2) is 15.9 Å². The van der Waals surface area contributed by atoms with Crippen LogP contribution in [0.2, 0.25) is 12.1 Å². The molecule has 1 heterocycles. The van der Waals surface area contributed by atoms with Gasteiger partial charge in [0.05, 0.1) is 15.9 Å². The monoisotopic (exact) mass is 205 g/mol. The highest BCUT2D eigenvalue weighted by Crippen LogP contribution is 2.19. The lowest BCUT2D eigenvalue weighted by atomic mass is 10.3. The van der Waals surface area contributed by atoms with Gasteiger partial charge in [-0.2, -0.15) is 0 Å². The summed E-state index contributed by atoms with van der Waals surface area (Å²) >= 11 is 0. The first-order chi connectivity index (χ1) is 6.90. The molecule has 2 rings (SSSR count). The van der Waals surface area contributed by atoms with E-state index < -0.39 is 0 Å². The quantitative estimate of drug-likeness (QED) is 0.674. The Balaban J connectivity index is 2.13. The summed E-state index contributed by atoms with van der Waals surface area (Å²) < 4.78 is 5.26. The van der Waals surface area contributed by atoms with Gasteiger partial charge in [0.25, 0.3) is 0 Å². The molecule has 1 aliphatic rings. The first-order valence-electron chi connectivity index (χ1n) is 5.39. The molecule has 0 atom stereocenters. The molecule has 1 aromatic carbocycles. The summed E-state index contributed by atoms with van der Waals surface area (Å²) in [5, 5.41) is 1.56. The minimum absolute atomic E-state index is 0.238. The Bertz CT molecular complexity index is 292. The normalized spacial score (nSPS) is 18.1. The molecule has 0 aliphatic carbocycles. The summed E-state index contributed by atoms with van der Waals surface area (Å²) in [6, 6.07) is 11.6. The van der Waals surface area contributed by atoms with E-state index in [0.717, 1.165) is 5.75 Å². The number of hydrogen-bond acceptors (Lipinski definition) is 1. The largest absolute Gasteiger partial charge is 0.497 e. The van der Waals surface area contributed by atoms with Gasteiger partial charge in [-0.15, -0.1) is 0 Å². The second kappa shape index (κ2) is 4.65. The number of hydrogen-bond donors (Lipinski definition) is 0. The van der Waals surface area contributed by atoms with Gasteiger partial charge in [-0.25, -0.2) is 0 Å². The van der Waals surface area contributed by atoms with E-state index in [9.17, 15) is 0 Å². The van der Waals surface area contributed by atoms with Gasteiger partial charge in [0, 0.05) is 0 Å². The highest BCUT2D eigenvalue weighted by Gasteiger charge is 2.17. The molecule has 1 fully saturated rings. The van der Waals surface area contributed by atoms with Crippen LogP contribution >= 0.6 is 0 Å². The number of methoxy groups -OCH3 is 1. The molecule has 0 unspecified atom stereocenters. The molecular formula is C12H17OSi. The van der Waals surface area contributed by atoms with Gasteiger partial charge in [0.2, 0.25) is 0 Å². The third-order valence-electron chi connectivity index (χ3n) is 2.94. The summed E-state index contributed by atoms with van der Waals surface area (Å²) in [7, 11) is 1.51. The molecule has 1 nitrogen and oxygen atoms in total. The van der Waals surface area contributed by atoms with Crippen LogP contribution < -0.4 is 9.92 Å². The molecule has 1 saturated heterocycles. The van der Waals surface area contributed by atoms with E-state index in [1.807, 2.05) is 6.07 Å². The molecule has 1 radical (unpaired) electrons. The summed E-state index contributed by atoms with van der Waals surface area (Å²) in [6.45, 7) is 0. The van der Waals surface area contributed by atoms with E-state index >= 15 is 0 Å². The van der Waals surface area contributed by atoms with Crippen molar-refractivity contribution < 1.29 is 4.74 Å². The van der Waals surface area contributed by atoms with Crippen LogP contribution in [-0.2, 0) is 0 Å². The Morgan fingerprint density at radius 2 is 1.93 bits per heavy atom. The van der Waals surface area contributed by atoms with Crippen LogP contribution in [0, 0.1) is 0 Å². The molecule has 0 spiro atoms. The molecule has 75 valence electrons. The second-order valence-corrected chi connectivity index (χ2v) is 6.68. The maximum atomic E-state index is 5.26. The smallest absolute Gasteiger partial charge is 0.118 e. The minimum Gasteiger partial charge on any atom is -0.497 e. The molecule has 1 aliphatic heterocycles. The fourth-order valence-corrected chi connectivity index (χ4v) is 4.97. The standard InChI is InChI=1S/C12H17OSi/c1-13-11-6-5-7-12(10-11)14-8-3-2-4-9-14/h5-7,10H,2-4,8-9H2,1H3. The summed E-state index contributed by atoms with van der Waals surface area (Å²) in [4.78, 5) is 0. The fourth-order valence-electron chi connectivity index (χ4n) is 2.11. The van der Waals surface area contributed by atoms with Gasteiger partial charge in [0.15, 0.2) is 0 Å². The topological polar surface area (TPSA) is 9.23 Å². The highest BCUT2D eigenvalue weighted by atomic mass is 28.3. The van der Waals surface area contributed by atoms with Gasteiger partial charge < -0.3 is 4.74 Å². The first kappa shape index (κ1) is 9.78. The Morgan fingerprint density at radius 3 is 2.64 bits per heavy atom. The van der Waals surface area contributed by atoms with E-state index in [4.69, 9.17) is 4.74 Å². The zero-order valence-corrected chi connectivity index (χ0v) is 9.75. The van der Waals surface area contributed by atoms with Crippen LogP contribution in [0.5, 0.6) is 5.75 Å². The number of benzene rings is 1. The predicted octanol–water partition coefficient (Wildman–Crippen LogP) is 2.58. The molecule has 0 amide bonds. The predicted molar refractivity (Wildman–Crippen MR) is 61.8 cm³/mol. The van der Waals surface area contributed by atoms with Gasteiger partial charge >= 0.3 is 0 Å². The molecule has 1 aromatic rings. The summed E-state index contributed by atoms with van der Waals surface area (Å²) in [5.74, 6) is 1.02. The van der Waals surface area contributed by atoms with Crippen molar-refractivity contribution in [1.82, 2.24) is 0 Å². The van der Waals surface area contributed by atoms with Crippen molar-refractivity contribution in [2.75, 3.05) is 7.11 Å². The van der Waals surface area contributed by atoms with Gasteiger partial charge in [-0.3, -0.25) is 0 Å². The van der Waals surface area contributed by atoms with E-state index in [-0.39, 0.29) is 8.80 Å². The molecule has 0 bridgehead atoms. The van der Waals surface area contributed by atoms with Gasteiger partial charge in [-0.05, 0) is 12.1 Å². The Labute approximate surface area is 87.7 Å². The van der Waals surface area contributed by atoms with E-state index in [2.05, 4.69) is 18.2 Å². The molecule has 0 aromatic heterocycles. The van der Waals surface area contributed by atoms with Crippen LogP contribution in [0.1, 0.15) is 19.3 Å². The first-order valence-corrected chi connectivity index (χ1v) is 7.31. The van der Waals surface area contributed by atoms with Crippen LogP contribution in [0.25, 0.3) is 0 Å². The number of rotatable bonds is 2. The summed E-state index contributed by atoms with van der Waals surface area (Å²) in [6.07, 6.45) is 4.31. The van der Waals surface area contributed by atoms with Crippen molar-refractivity contribution in [1.29, 1.82) is 0 Å². The highest BCUT2D eigenvalue weighted by molar-refractivity contribution is 6.73. The van der Waals surface area contributed by atoms with Crippen molar-refractivity contribution in [2.24, 2.45) is 0 Å². The molecular weight excluding hydrogens is 188 g/mol. The second-order valence-electron chi connectivity index (χ2n) is 3.90. The van der Waals surface area contributed by atoms with Crippen molar-refractivity contribution in [3.63, 3.8) is 0 Å². The lowest BCUT2D eigenvalue weighted by Gasteiger charge is -2.20. The van der Waals surface area contributed by atoms with E-state index in [0.29, 0.717) is 0 Å². The van der Waals surface area contributed by atoms with E-state index in [1.165, 1.54) is 31.4 Å². The summed E-state index contributed by atoms with van der Waals surface area (Å²) in [5.41, 5.74) is 0. The van der Waals surface area contributed by atoms with Crippen molar-refractivity contribution >= 4 is 14.0 Å². The Kier molecular flexibility index (Phi) is 3.25. The fraction of sp³-hybridized carbons (Fsp3) is 0.500. The van der Waals surface area contributed by atoms with Crippen LogP contribution in [0.3, 0.4) is 0 Å². The third kappa shape index (κ3) is 2.18. The van der Waals surface area contributed by atoms with Crippen LogP contribution in [0.15, 0.2) is 24.3 Å². The Morgan fingerprint density at radius 1 is 1.14 bits per heavy atom. The van der Waals surface area contributed by atoms with Crippen molar-refractivity contribution in [3.05, 3.63) is 24.3 Å². The molecule has 0 N–H and O–H groups in total. The Hall–Kier alpha value is -0.763. The minimum atomic E-state index is -0.238. The molecule has 14 heavy (non-hydrogen) atoms. The van der Waals surface area contributed by atoms with E-state index in [1.54, 1.807) is 12.3 Å². The zero-order valence-electron chi connectivity index (χ0n) is 8.75. The van der Waals surface area contributed by atoms with Crippen LogP contribution in [0.4, 0.5) is 0 Å². The molecule has 2 heteroatoms. The maximum Gasteiger partial charge on any atom is 0.118 e. The maximum absolute atomic E-state index is 5.26. The molecule has 0 saturated carbocycles. The lowest BCUT2D eigenvalue weighted by Crippen LogP contribution is -2.31. The van der Waals surface area contributed by atoms with Gasteiger partial charge in [0.1, 0.15) is 5.75 Å². The average Bonchev–Trinajstić information content (AvgIpc) is 2.30.